The number of nitrogens with two attached hydrogens (primary N) is 1. The van der Waals surface area contributed by atoms with E-state index in [1.54, 1.807) is 0 Å². The van der Waals surface area contributed by atoms with Crippen LogP contribution in [0.5, 0.6) is 0 Å². The number of hydrogen-bond acceptors (Lipinski definition) is 4. The minimum atomic E-state index is -0.223. The van der Waals surface area contributed by atoms with Crippen LogP contribution in [0.4, 0.5) is 5.82 Å². The third-order valence-electron chi connectivity index (χ3n) is 7.20. The molecule has 1 aromatic heterocycles. The Hall–Kier alpha value is -2.36. The van der Waals surface area contributed by atoms with Crippen LogP contribution in [0.25, 0.3) is 0 Å². The largest absolute Gasteiger partial charge is 0.369 e. The van der Waals surface area contributed by atoms with Gasteiger partial charge < -0.3 is 21.3 Å². The number of primary amides is 1. The van der Waals surface area contributed by atoms with E-state index in [1.807, 2.05) is 19.3 Å². The topological polar surface area (TPSA) is 95.6 Å². The minimum absolute atomic E-state index is 0. The molecule has 1 saturated heterocycles. The van der Waals surface area contributed by atoms with Gasteiger partial charge in [0.25, 0.3) is 0 Å². The predicted molar refractivity (Wildman–Crippen MR) is 149 cm³/mol. The number of aromatic nitrogens is 1. The van der Waals surface area contributed by atoms with Gasteiger partial charge in [0.05, 0.1) is 5.92 Å². The number of benzene rings is 1. The summed E-state index contributed by atoms with van der Waals surface area (Å²) < 4.78 is 0. The third-order valence-corrected chi connectivity index (χ3v) is 7.20. The average molecular weight is 577 g/mol. The molecule has 0 radical (unpaired) electrons. The number of anilines is 1. The Morgan fingerprint density at radius 1 is 1.15 bits per heavy atom. The number of hydrogen-bond donors (Lipinski definition) is 3. The number of pyridine rings is 1. The van der Waals surface area contributed by atoms with Crippen molar-refractivity contribution in [1.82, 2.24) is 15.6 Å². The van der Waals surface area contributed by atoms with Crippen molar-refractivity contribution in [3.05, 3.63) is 59.8 Å². The number of halogens is 1. The molecule has 184 valence electrons. The summed E-state index contributed by atoms with van der Waals surface area (Å²) in [5.74, 6) is 1.37. The van der Waals surface area contributed by atoms with Crippen molar-refractivity contribution in [2.24, 2.45) is 16.6 Å². The van der Waals surface area contributed by atoms with E-state index in [2.05, 4.69) is 61.9 Å². The molecule has 4 N–H and O–H groups in total. The second kappa shape index (κ2) is 12.4. The first kappa shape index (κ1) is 26.2. The van der Waals surface area contributed by atoms with Crippen LogP contribution in [0.3, 0.4) is 0 Å². The van der Waals surface area contributed by atoms with Crippen molar-refractivity contribution < 1.29 is 4.79 Å². The van der Waals surface area contributed by atoms with Crippen LogP contribution in [0, 0.1) is 5.92 Å². The van der Waals surface area contributed by atoms with Crippen LogP contribution in [0.2, 0.25) is 0 Å². The van der Waals surface area contributed by atoms with Gasteiger partial charge in [0.1, 0.15) is 5.82 Å². The molecule has 1 saturated carbocycles. The SMILES string of the molecule is CN=C(NCc1cccnc1N1CCCC(C(N)=O)C1)NCC1(c2ccccc2)CCCC1.I. The number of carbonyl (C=O) groups excluding carboxylic acids is 1. The fourth-order valence-electron chi connectivity index (χ4n) is 5.32. The molecular weight excluding hydrogens is 539 g/mol. The minimum Gasteiger partial charge on any atom is -0.369 e. The number of aliphatic imine (C=N–C) groups is 1. The summed E-state index contributed by atoms with van der Waals surface area (Å²) in [5, 5.41) is 7.06. The Morgan fingerprint density at radius 2 is 1.91 bits per heavy atom. The molecule has 2 fully saturated rings. The first-order valence-corrected chi connectivity index (χ1v) is 12.1. The Morgan fingerprint density at radius 3 is 2.62 bits per heavy atom. The van der Waals surface area contributed by atoms with Crippen LogP contribution < -0.4 is 21.3 Å². The van der Waals surface area contributed by atoms with Crippen molar-refractivity contribution in [3.8, 4) is 0 Å². The zero-order chi connectivity index (χ0) is 23.1. The molecule has 1 aromatic carbocycles. The Bertz CT molecular complexity index is 961. The standard InChI is InChI=1S/C26H36N6O.HI/c1-28-25(31-19-26(13-5-6-14-26)22-11-3-2-4-12-22)30-17-20-9-7-15-29-24(20)32-16-8-10-21(18-32)23(27)33;/h2-4,7,9,11-12,15,21H,5-6,8,10,13-14,16-19H2,1H3,(H2,27,33)(H2,28,30,31);1H. The van der Waals surface area contributed by atoms with Crippen LogP contribution in [-0.4, -0.2) is 43.5 Å². The molecule has 2 heterocycles. The number of nitrogens with zero attached hydrogens (tertiary/aromatic N) is 3. The molecule has 2 aromatic rings. The third kappa shape index (κ3) is 6.20. The van der Waals surface area contributed by atoms with Gasteiger partial charge in [0.15, 0.2) is 5.96 Å². The van der Waals surface area contributed by atoms with Gasteiger partial charge in [-0.3, -0.25) is 9.79 Å². The Kier molecular flexibility index (Phi) is 9.55. The molecule has 1 amide bonds. The molecule has 7 nitrogen and oxygen atoms in total. The highest BCUT2D eigenvalue weighted by Gasteiger charge is 2.35. The summed E-state index contributed by atoms with van der Waals surface area (Å²) in [7, 11) is 1.81. The van der Waals surface area contributed by atoms with E-state index in [4.69, 9.17) is 5.73 Å². The molecule has 2 aliphatic rings. The Balaban J connectivity index is 0.00000324. The maximum atomic E-state index is 11.7. The van der Waals surface area contributed by atoms with Gasteiger partial charge in [0.2, 0.25) is 5.91 Å². The fourth-order valence-corrected chi connectivity index (χ4v) is 5.32. The van der Waals surface area contributed by atoms with E-state index in [1.165, 1.54) is 31.2 Å². The molecule has 1 aliphatic carbocycles. The van der Waals surface area contributed by atoms with Crippen molar-refractivity contribution in [2.75, 3.05) is 31.6 Å². The number of guanidine groups is 1. The van der Waals surface area contributed by atoms with Gasteiger partial charge in [-0.15, -0.1) is 24.0 Å². The van der Waals surface area contributed by atoms with Crippen molar-refractivity contribution in [3.63, 3.8) is 0 Å². The van der Waals surface area contributed by atoms with Gasteiger partial charge in [-0.05, 0) is 37.3 Å². The van der Waals surface area contributed by atoms with Gasteiger partial charge in [0, 0.05) is 50.4 Å². The maximum Gasteiger partial charge on any atom is 0.222 e. The number of rotatable bonds is 7. The first-order valence-electron chi connectivity index (χ1n) is 12.1. The highest BCUT2D eigenvalue weighted by molar-refractivity contribution is 14.0. The van der Waals surface area contributed by atoms with E-state index in [0.29, 0.717) is 13.1 Å². The second-order valence-electron chi connectivity index (χ2n) is 9.31. The van der Waals surface area contributed by atoms with E-state index in [0.717, 1.165) is 43.3 Å². The number of amides is 1. The number of piperidine rings is 1. The van der Waals surface area contributed by atoms with Crippen LogP contribution in [0.15, 0.2) is 53.7 Å². The fraction of sp³-hybridized carbons (Fsp3) is 0.500. The zero-order valence-corrected chi connectivity index (χ0v) is 22.3. The van der Waals surface area contributed by atoms with Crippen LogP contribution in [-0.2, 0) is 16.8 Å². The molecule has 34 heavy (non-hydrogen) atoms. The first-order chi connectivity index (χ1) is 16.1. The molecule has 0 spiro atoms. The summed E-state index contributed by atoms with van der Waals surface area (Å²) in [6, 6.07) is 14.9. The van der Waals surface area contributed by atoms with Gasteiger partial charge >= 0.3 is 0 Å². The molecular formula is C26H37IN6O. The lowest BCUT2D eigenvalue weighted by molar-refractivity contribution is -0.122. The molecule has 8 heteroatoms. The Labute approximate surface area is 220 Å². The van der Waals surface area contributed by atoms with E-state index in [9.17, 15) is 4.79 Å². The highest BCUT2D eigenvalue weighted by Crippen LogP contribution is 2.40. The van der Waals surface area contributed by atoms with E-state index in [-0.39, 0.29) is 41.2 Å². The van der Waals surface area contributed by atoms with Gasteiger partial charge in [-0.2, -0.15) is 0 Å². The quantitative estimate of drug-likeness (QED) is 0.266. The summed E-state index contributed by atoms with van der Waals surface area (Å²) in [5.41, 5.74) is 8.24. The summed E-state index contributed by atoms with van der Waals surface area (Å²) in [6.45, 7) is 2.99. The van der Waals surface area contributed by atoms with Crippen molar-refractivity contribution >= 4 is 41.7 Å². The van der Waals surface area contributed by atoms with Crippen LogP contribution in [0.1, 0.15) is 49.7 Å². The lowest BCUT2D eigenvalue weighted by Crippen LogP contribution is -2.45. The van der Waals surface area contributed by atoms with E-state index >= 15 is 0 Å². The van der Waals surface area contributed by atoms with Crippen LogP contribution >= 0.6 is 24.0 Å². The highest BCUT2D eigenvalue weighted by atomic mass is 127. The number of nitrogens with one attached hydrogen (secondary N) is 2. The summed E-state index contributed by atoms with van der Waals surface area (Å²) in [6.07, 6.45) is 8.54. The lowest BCUT2D eigenvalue weighted by Gasteiger charge is -2.33. The maximum absolute atomic E-state index is 11.7. The molecule has 1 unspecified atom stereocenters. The van der Waals surface area contributed by atoms with Gasteiger partial charge in [-0.1, -0.05) is 49.2 Å². The smallest absolute Gasteiger partial charge is 0.222 e. The normalized spacial score (nSPS) is 19.9. The second-order valence-corrected chi connectivity index (χ2v) is 9.31. The summed E-state index contributed by atoms with van der Waals surface area (Å²) >= 11 is 0. The van der Waals surface area contributed by atoms with E-state index < -0.39 is 0 Å². The average Bonchev–Trinajstić information content (AvgIpc) is 3.35. The van der Waals surface area contributed by atoms with Crippen molar-refractivity contribution in [2.45, 2.75) is 50.5 Å². The zero-order valence-electron chi connectivity index (χ0n) is 20.0. The molecule has 4 rings (SSSR count). The number of carbonyl (C=O) groups is 1. The lowest BCUT2D eigenvalue weighted by atomic mass is 9.79. The van der Waals surface area contributed by atoms with Crippen molar-refractivity contribution in [1.29, 1.82) is 0 Å². The summed E-state index contributed by atoms with van der Waals surface area (Å²) in [4.78, 5) is 23.0. The molecule has 1 aliphatic heterocycles. The van der Waals surface area contributed by atoms with Gasteiger partial charge in [-0.25, -0.2) is 4.98 Å². The molecule has 0 bridgehead atoms. The predicted octanol–water partition coefficient (Wildman–Crippen LogP) is 3.58. The monoisotopic (exact) mass is 576 g/mol. The molecule has 1 atom stereocenters.